The van der Waals surface area contributed by atoms with Gasteiger partial charge in [0.15, 0.2) is 0 Å². The highest BCUT2D eigenvalue weighted by Gasteiger charge is 2.51. The number of nitrogens with zero attached hydrogens (tertiary/aromatic N) is 1. The van der Waals surface area contributed by atoms with Gasteiger partial charge in [-0.05, 0) is 37.9 Å². The molecule has 21 heavy (non-hydrogen) atoms. The van der Waals surface area contributed by atoms with Crippen LogP contribution < -0.4 is 0 Å². The largest absolute Gasteiger partial charge is 0.384 e. The number of hydrogen-bond donors (Lipinski definition) is 1. The number of aliphatic hydroxyl groups is 1. The van der Waals surface area contributed by atoms with Gasteiger partial charge in [0, 0.05) is 24.9 Å². The first-order valence-corrected chi connectivity index (χ1v) is 8.01. The molecular weight excluding hydrogens is 258 g/mol. The lowest BCUT2D eigenvalue weighted by atomic mass is 9.71. The number of aryl methyl sites for hydroxylation is 1. The van der Waals surface area contributed by atoms with Crippen LogP contribution in [0.4, 0.5) is 0 Å². The highest BCUT2D eigenvalue weighted by Crippen LogP contribution is 2.53. The van der Waals surface area contributed by atoms with Gasteiger partial charge < -0.3 is 10.0 Å². The van der Waals surface area contributed by atoms with Crippen LogP contribution in [-0.2, 0) is 12.0 Å². The zero-order valence-electron chi connectivity index (χ0n) is 13.7. The molecule has 0 saturated heterocycles. The second kappa shape index (κ2) is 4.96. The first kappa shape index (κ1) is 14.8. The van der Waals surface area contributed by atoms with Crippen molar-refractivity contribution in [2.75, 3.05) is 20.1 Å². The molecule has 1 atom stereocenters. The third-order valence-electron chi connectivity index (χ3n) is 5.36. The van der Waals surface area contributed by atoms with Crippen molar-refractivity contribution in [2.24, 2.45) is 5.41 Å². The Balaban J connectivity index is 1.98. The maximum atomic E-state index is 11.6. The van der Waals surface area contributed by atoms with Crippen molar-refractivity contribution in [3.05, 3.63) is 46.5 Å². The minimum absolute atomic E-state index is 0.111. The molecule has 0 fully saturated rings. The van der Waals surface area contributed by atoms with Crippen molar-refractivity contribution in [1.29, 1.82) is 0 Å². The van der Waals surface area contributed by atoms with Gasteiger partial charge in [0.1, 0.15) is 0 Å². The summed E-state index contributed by atoms with van der Waals surface area (Å²) in [6.45, 7) is 8.63. The van der Waals surface area contributed by atoms with E-state index in [4.69, 9.17) is 0 Å². The van der Waals surface area contributed by atoms with E-state index in [0.717, 1.165) is 37.9 Å². The molecular formula is C19H27NO. The first-order valence-electron chi connectivity index (χ1n) is 8.01. The average Bonchev–Trinajstić information content (AvgIpc) is 2.58. The minimum atomic E-state index is -0.738. The van der Waals surface area contributed by atoms with Crippen LogP contribution in [0.5, 0.6) is 0 Å². The predicted octanol–water partition coefficient (Wildman–Crippen LogP) is 3.42. The molecule has 1 aromatic rings. The third-order valence-corrected chi connectivity index (χ3v) is 5.36. The summed E-state index contributed by atoms with van der Waals surface area (Å²) in [5.74, 6) is 0. The molecule has 2 nitrogen and oxygen atoms in total. The Morgan fingerprint density at radius 3 is 2.76 bits per heavy atom. The van der Waals surface area contributed by atoms with Crippen LogP contribution in [0.3, 0.4) is 0 Å². The standard InChI is InChI=1S/C19H27NO/c1-14-7-8-16-12-18(2,3)19(21,17(16)10-14)11-15-6-5-9-20(4)13-15/h6-8,10,21H,5,9,11-13H2,1-4H3. The number of rotatable bonds is 2. The lowest BCUT2D eigenvalue weighted by Gasteiger charge is -2.39. The van der Waals surface area contributed by atoms with Crippen LogP contribution in [0.2, 0.25) is 0 Å². The van der Waals surface area contributed by atoms with Gasteiger partial charge in [0.2, 0.25) is 0 Å². The highest BCUT2D eigenvalue weighted by atomic mass is 16.3. The highest BCUT2D eigenvalue weighted by molar-refractivity contribution is 5.44. The van der Waals surface area contributed by atoms with E-state index in [1.54, 1.807) is 0 Å². The number of benzene rings is 1. The molecule has 0 bridgehead atoms. The Morgan fingerprint density at radius 1 is 1.29 bits per heavy atom. The van der Waals surface area contributed by atoms with E-state index in [1.165, 1.54) is 16.7 Å². The molecule has 0 amide bonds. The Hall–Kier alpha value is -1.12. The molecule has 1 aliphatic carbocycles. The van der Waals surface area contributed by atoms with Crippen molar-refractivity contribution in [2.45, 2.75) is 45.6 Å². The molecule has 1 aliphatic heterocycles. The molecule has 2 heteroatoms. The van der Waals surface area contributed by atoms with Gasteiger partial charge in [-0.2, -0.15) is 0 Å². The van der Waals surface area contributed by atoms with Crippen LogP contribution in [-0.4, -0.2) is 30.1 Å². The quantitative estimate of drug-likeness (QED) is 0.842. The molecule has 0 aromatic heterocycles. The van der Waals surface area contributed by atoms with E-state index in [-0.39, 0.29) is 5.41 Å². The normalized spacial score (nSPS) is 28.3. The molecule has 0 spiro atoms. The van der Waals surface area contributed by atoms with Gasteiger partial charge in [-0.25, -0.2) is 0 Å². The number of likely N-dealkylation sites (N-methyl/N-ethyl adjacent to an activating group) is 1. The SMILES string of the molecule is Cc1ccc2c(c1)C(O)(CC1=CCCN(C)C1)C(C)(C)C2. The smallest absolute Gasteiger partial charge is 0.0990 e. The van der Waals surface area contributed by atoms with E-state index in [2.05, 4.69) is 57.0 Å². The molecule has 114 valence electrons. The van der Waals surface area contributed by atoms with Crippen LogP contribution in [0.25, 0.3) is 0 Å². The summed E-state index contributed by atoms with van der Waals surface area (Å²) in [5, 5.41) is 11.6. The summed E-state index contributed by atoms with van der Waals surface area (Å²) in [7, 11) is 2.16. The topological polar surface area (TPSA) is 23.5 Å². The zero-order valence-corrected chi connectivity index (χ0v) is 13.7. The maximum Gasteiger partial charge on any atom is 0.0990 e. The maximum absolute atomic E-state index is 11.6. The second-order valence-electron chi connectivity index (χ2n) is 7.65. The third kappa shape index (κ3) is 2.45. The van der Waals surface area contributed by atoms with Crippen molar-refractivity contribution in [3.63, 3.8) is 0 Å². The summed E-state index contributed by atoms with van der Waals surface area (Å²) in [6.07, 6.45) is 5.16. The van der Waals surface area contributed by atoms with Gasteiger partial charge >= 0.3 is 0 Å². The monoisotopic (exact) mass is 285 g/mol. The van der Waals surface area contributed by atoms with E-state index in [0.29, 0.717) is 0 Å². The Bertz CT molecular complexity index is 587. The van der Waals surface area contributed by atoms with E-state index in [1.807, 2.05) is 0 Å². The van der Waals surface area contributed by atoms with Gasteiger partial charge in [-0.15, -0.1) is 0 Å². The molecule has 1 N–H and O–H groups in total. The van der Waals surface area contributed by atoms with Crippen LogP contribution in [0.15, 0.2) is 29.8 Å². The fraction of sp³-hybridized carbons (Fsp3) is 0.579. The van der Waals surface area contributed by atoms with E-state index < -0.39 is 5.60 Å². The number of hydrogen-bond acceptors (Lipinski definition) is 2. The average molecular weight is 285 g/mol. The Labute approximate surface area is 128 Å². The zero-order chi connectivity index (χ0) is 15.3. The van der Waals surface area contributed by atoms with E-state index >= 15 is 0 Å². The Kier molecular flexibility index (Phi) is 3.50. The predicted molar refractivity (Wildman–Crippen MR) is 87.4 cm³/mol. The lowest BCUT2D eigenvalue weighted by molar-refractivity contribution is -0.0599. The summed E-state index contributed by atoms with van der Waals surface area (Å²) in [5.41, 5.74) is 4.24. The van der Waals surface area contributed by atoms with Gasteiger partial charge in [0.05, 0.1) is 5.60 Å². The molecule has 2 aliphatic rings. The fourth-order valence-electron chi connectivity index (χ4n) is 3.99. The summed E-state index contributed by atoms with van der Waals surface area (Å²) >= 11 is 0. The van der Waals surface area contributed by atoms with Gasteiger partial charge in [-0.3, -0.25) is 0 Å². The van der Waals surface area contributed by atoms with Gasteiger partial charge in [-0.1, -0.05) is 49.3 Å². The lowest BCUT2D eigenvalue weighted by Crippen LogP contribution is -2.40. The van der Waals surface area contributed by atoms with Crippen LogP contribution >= 0.6 is 0 Å². The summed E-state index contributed by atoms with van der Waals surface area (Å²) in [4.78, 5) is 2.35. The van der Waals surface area contributed by atoms with Crippen molar-refractivity contribution in [3.8, 4) is 0 Å². The molecule has 1 aromatic carbocycles. The molecule has 1 unspecified atom stereocenters. The molecule has 3 rings (SSSR count). The van der Waals surface area contributed by atoms with Crippen molar-refractivity contribution >= 4 is 0 Å². The van der Waals surface area contributed by atoms with Crippen molar-refractivity contribution < 1.29 is 5.11 Å². The second-order valence-corrected chi connectivity index (χ2v) is 7.65. The Morgan fingerprint density at radius 2 is 2.05 bits per heavy atom. The van der Waals surface area contributed by atoms with Crippen LogP contribution in [0, 0.1) is 12.3 Å². The first-order chi connectivity index (χ1) is 9.82. The summed E-state index contributed by atoms with van der Waals surface area (Å²) < 4.78 is 0. The van der Waals surface area contributed by atoms with Crippen LogP contribution in [0.1, 0.15) is 43.4 Å². The molecule has 1 heterocycles. The minimum Gasteiger partial charge on any atom is -0.384 e. The summed E-state index contributed by atoms with van der Waals surface area (Å²) in [6, 6.07) is 6.55. The van der Waals surface area contributed by atoms with Gasteiger partial charge in [0.25, 0.3) is 0 Å². The fourth-order valence-corrected chi connectivity index (χ4v) is 3.99. The van der Waals surface area contributed by atoms with E-state index in [9.17, 15) is 5.11 Å². The number of fused-ring (bicyclic) bond motifs is 1. The molecule has 0 radical (unpaired) electrons. The molecule has 0 saturated carbocycles. The van der Waals surface area contributed by atoms with Crippen molar-refractivity contribution in [1.82, 2.24) is 4.90 Å².